The molecule has 2 rings (SSSR count). The Balaban J connectivity index is 1.88. The fourth-order valence-electron chi connectivity index (χ4n) is 2.23. The van der Waals surface area contributed by atoms with Crippen LogP contribution in [0.2, 0.25) is 0 Å². The van der Waals surface area contributed by atoms with E-state index in [4.69, 9.17) is 0 Å². The zero-order valence-electron chi connectivity index (χ0n) is 11.4. The molecule has 2 atom stereocenters. The van der Waals surface area contributed by atoms with Crippen molar-refractivity contribution in [2.24, 2.45) is 5.92 Å². The lowest BCUT2D eigenvalue weighted by molar-refractivity contribution is 0.0931. The Hall–Kier alpha value is -1.23. The Labute approximate surface area is 118 Å². The molecule has 0 spiro atoms. The van der Waals surface area contributed by atoms with Crippen LogP contribution in [0.15, 0.2) is 41.2 Å². The Morgan fingerprint density at radius 2 is 2.05 bits per heavy atom. The SMILES string of the molecule is CC(CN(C)Cc1cscn1)C(O)c1ccccc1. The lowest BCUT2D eigenvalue weighted by Crippen LogP contribution is -2.27. The van der Waals surface area contributed by atoms with Crippen LogP contribution in [-0.4, -0.2) is 28.6 Å². The zero-order chi connectivity index (χ0) is 13.7. The van der Waals surface area contributed by atoms with Gasteiger partial charge in [0.25, 0.3) is 0 Å². The monoisotopic (exact) mass is 276 g/mol. The first-order valence-electron chi connectivity index (χ1n) is 6.45. The largest absolute Gasteiger partial charge is 0.388 e. The highest BCUT2D eigenvalue weighted by Gasteiger charge is 2.18. The molecule has 1 heterocycles. The number of thiazole rings is 1. The highest BCUT2D eigenvalue weighted by atomic mass is 32.1. The van der Waals surface area contributed by atoms with Gasteiger partial charge in [0.1, 0.15) is 0 Å². The number of hydrogen-bond acceptors (Lipinski definition) is 4. The van der Waals surface area contributed by atoms with E-state index in [1.54, 1.807) is 11.3 Å². The third kappa shape index (κ3) is 4.13. The lowest BCUT2D eigenvalue weighted by Gasteiger charge is -2.24. The summed E-state index contributed by atoms with van der Waals surface area (Å²) >= 11 is 1.62. The number of rotatable bonds is 6. The third-order valence-corrected chi connectivity index (χ3v) is 3.83. The van der Waals surface area contributed by atoms with Gasteiger partial charge in [0, 0.05) is 18.5 Å². The zero-order valence-corrected chi connectivity index (χ0v) is 12.2. The first-order chi connectivity index (χ1) is 9.16. The van der Waals surface area contributed by atoms with Crippen molar-refractivity contribution in [2.75, 3.05) is 13.6 Å². The Bertz CT molecular complexity index is 472. The van der Waals surface area contributed by atoms with Crippen LogP contribution < -0.4 is 0 Å². The summed E-state index contributed by atoms with van der Waals surface area (Å²) in [6.45, 7) is 3.75. The number of benzene rings is 1. The van der Waals surface area contributed by atoms with Crippen LogP contribution in [0.25, 0.3) is 0 Å². The highest BCUT2D eigenvalue weighted by molar-refractivity contribution is 7.07. The van der Waals surface area contributed by atoms with E-state index in [-0.39, 0.29) is 5.92 Å². The van der Waals surface area contributed by atoms with Gasteiger partial charge in [0.2, 0.25) is 0 Å². The summed E-state index contributed by atoms with van der Waals surface area (Å²) in [7, 11) is 2.06. The van der Waals surface area contributed by atoms with Crippen LogP contribution in [0.3, 0.4) is 0 Å². The molecule has 0 bridgehead atoms. The molecule has 1 aromatic carbocycles. The van der Waals surface area contributed by atoms with Crippen LogP contribution in [0.4, 0.5) is 0 Å². The van der Waals surface area contributed by atoms with Gasteiger partial charge in [0.15, 0.2) is 0 Å². The van der Waals surface area contributed by atoms with Crippen molar-refractivity contribution in [2.45, 2.75) is 19.6 Å². The average Bonchev–Trinajstić information content (AvgIpc) is 2.91. The van der Waals surface area contributed by atoms with E-state index >= 15 is 0 Å². The molecule has 0 saturated heterocycles. The van der Waals surface area contributed by atoms with E-state index in [2.05, 4.69) is 29.2 Å². The average molecular weight is 276 g/mol. The topological polar surface area (TPSA) is 36.4 Å². The van der Waals surface area contributed by atoms with Crippen LogP contribution in [-0.2, 0) is 6.54 Å². The summed E-state index contributed by atoms with van der Waals surface area (Å²) in [6.07, 6.45) is -0.418. The van der Waals surface area contributed by atoms with Crippen molar-refractivity contribution in [3.63, 3.8) is 0 Å². The van der Waals surface area contributed by atoms with Crippen molar-refractivity contribution in [3.05, 3.63) is 52.5 Å². The molecule has 19 heavy (non-hydrogen) atoms. The van der Waals surface area contributed by atoms with Gasteiger partial charge >= 0.3 is 0 Å². The Kier molecular flexibility index (Phi) is 5.07. The lowest BCUT2D eigenvalue weighted by atomic mass is 9.97. The Morgan fingerprint density at radius 1 is 1.32 bits per heavy atom. The Morgan fingerprint density at radius 3 is 2.68 bits per heavy atom. The second-order valence-electron chi connectivity index (χ2n) is 5.01. The number of aliphatic hydroxyl groups excluding tert-OH is 1. The number of aromatic nitrogens is 1. The predicted octanol–water partition coefficient (Wildman–Crippen LogP) is 2.94. The molecule has 102 valence electrons. The van der Waals surface area contributed by atoms with Gasteiger partial charge in [0.05, 0.1) is 17.3 Å². The maximum atomic E-state index is 10.3. The van der Waals surface area contributed by atoms with Crippen LogP contribution in [0, 0.1) is 5.92 Å². The van der Waals surface area contributed by atoms with Crippen LogP contribution in [0.1, 0.15) is 24.3 Å². The number of aliphatic hydroxyl groups is 1. The van der Waals surface area contributed by atoms with Crippen molar-refractivity contribution < 1.29 is 5.11 Å². The molecule has 3 nitrogen and oxygen atoms in total. The highest BCUT2D eigenvalue weighted by Crippen LogP contribution is 2.22. The quantitative estimate of drug-likeness (QED) is 0.881. The first kappa shape index (κ1) is 14.2. The van der Waals surface area contributed by atoms with Gasteiger partial charge in [-0.15, -0.1) is 11.3 Å². The van der Waals surface area contributed by atoms with Gasteiger partial charge in [-0.05, 0) is 18.5 Å². The molecule has 0 aliphatic carbocycles. The summed E-state index contributed by atoms with van der Waals surface area (Å²) < 4.78 is 0. The fourth-order valence-corrected chi connectivity index (χ4v) is 2.78. The van der Waals surface area contributed by atoms with Gasteiger partial charge in [-0.25, -0.2) is 4.98 Å². The predicted molar refractivity (Wildman–Crippen MR) is 79.0 cm³/mol. The molecule has 0 aliphatic heterocycles. The van der Waals surface area contributed by atoms with Gasteiger partial charge in [-0.1, -0.05) is 37.3 Å². The molecule has 2 aromatic rings. The second kappa shape index (κ2) is 6.80. The van der Waals surface area contributed by atoms with E-state index in [0.717, 1.165) is 24.3 Å². The molecule has 0 radical (unpaired) electrons. The van der Waals surface area contributed by atoms with Crippen LogP contribution >= 0.6 is 11.3 Å². The van der Waals surface area contributed by atoms with Crippen molar-refractivity contribution in [3.8, 4) is 0 Å². The minimum Gasteiger partial charge on any atom is -0.388 e. The van der Waals surface area contributed by atoms with E-state index in [1.807, 2.05) is 35.8 Å². The third-order valence-electron chi connectivity index (χ3n) is 3.20. The van der Waals surface area contributed by atoms with Crippen LogP contribution in [0.5, 0.6) is 0 Å². The standard InChI is InChI=1S/C15H20N2OS/c1-12(15(18)13-6-4-3-5-7-13)8-17(2)9-14-10-19-11-16-14/h3-7,10-12,15,18H,8-9H2,1-2H3. The summed E-state index contributed by atoms with van der Waals surface area (Å²) in [5.74, 6) is 0.186. The normalized spacial score (nSPS) is 14.5. The summed E-state index contributed by atoms with van der Waals surface area (Å²) in [5, 5.41) is 12.4. The molecule has 0 aliphatic rings. The molecule has 1 N–H and O–H groups in total. The summed E-state index contributed by atoms with van der Waals surface area (Å²) in [4.78, 5) is 6.48. The minimum atomic E-state index is -0.418. The summed E-state index contributed by atoms with van der Waals surface area (Å²) in [6, 6.07) is 9.84. The van der Waals surface area contributed by atoms with Crippen molar-refractivity contribution >= 4 is 11.3 Å². The molecule has 0 saturated carbocycles. The van der Waals surface area contributed by atoms with Gasteiger partial charge < -0.3 is 10.0 Å². The number of hydrogen-bond donors (Lipinski definition) is 1. The van der Waals surface area contributed by atoms with Gasteiger partial charge in [-0.3, -0.25) is 0 Å². The van der Waals surface area contributed by atoms with E-state index < -0.39 is 6.10 Å². The molecule has 0 amide bonds. The van der Waals surface area contributed by atoms with Gasteiger partial charge in [-0.2, -0.15) is 0 Å². The van der Waals surface area contributed by atoms with E-state index in [1.165, 1.54) is 0 Å². The molecule has 2 unspecified atom stereocenters. The molecular weight excluding hydrogens is 256 g/mol. The van der Waals surface area contributed by atoms with E-state index in [0.29, 0.717) is 0 Å². The smallest absolute Gasteiger partial charge is 0.0827 e. The van der Waals surface area contributed by atoms with Crippen molar-refractivity contribution in [1.29, 1.82) is 0 Å². The second-order valence-corrected chi connectivity index (χ2v) is 5.73. The summed E-state index contributed by atoms with van der Waals surface area (Å²) in [5.41, 5.74) is 3.93. The minimum absolute atomic E-state index is 0.186. The molecular formula is C15H20N2OS. The van der Waals surface area contributed by atoms with Crippen molar-refractivity contribution in [1.82, 2.24) is 9.88 Å². The van der Waals surface area contributed by atoms with E-state index in [9.17, 15) is 5.11 Å². The molecule has 4 heteroatoms. The fraction of sp³-hybridized carbons (Fsp3) is 0.400. The maximum absolute atomic E-state index is 10.3. The maximum Gasteiger partial charge on any atom is 0.0827 e. The number of nitrogens with zero attached hydrogens (tertiary/aromatic N) is 2. The molecule has 0 fully saturated rings. The first-order valence-corrected chi connectivity index (χ1v) is 7.39. The molecule has 1 aromatic heterocycles.